The van der Waals surface area contributed by atoms with Crippen molar-refractivity contribution in [2.24, 2.45) is 5.92 Å². The van der Waals surface area contributed by atoms with Gasteiger partial charge in [-0.15, -0.1) is 0 Å². The molecule has 6 heteroatoms. The molecule has 0 radical (unpaired) electrons. The maximum atomic E-state index is 14.0. The van der Waals surface area contributed by atoms with E-state index in [0.29, 0.717) is 19.5 Å². The van der Waals surface area contributed by atoms with Crippen LogP contribution in [0.1, 0.15) is 69.7 Å². The van der Waals surface area contributed by atoms with Gasteiger partial charge in [-0.2, -0.15) is 0 Å². The maximum Gasteiger partial charge on any atom is 0.410 e. The van der Waals surface area contributed by atoms with Crippen LogP contribution >= 0.6 is 0 Å². The summed E-state index contributed by atoms with van der Waals surface area (Å²) in [7, 11) is 0. The van der Waals surface area contributed by atoms with E-state index in [4.69, 9.17) is 4.74 Å². The third-order valence-corrected chi connectivity index (χ3v) is 7.32. The van der Waals surface area contributed by atoms with Crippen LogP contribution in [0.3, 0.4) is 0 Å². The van der Waals surface area contributed by atoms with Crippen molar-refractivity contribution in [1.82, 2.24) is 9.80 Å². The Morgan fingerprint density at radius 3 is 2.41 bits per heavy atom. The summed E-state index contributed by atoms with van der Waals surface area (Å²) in [6.07, 6.45) is 3.08. The number of para-hydroxylation sites is 1. The molecule has 4 atom stereocenters. The second kappa shape index (κ2) is 8.97. The van der Waals surface area contributed by atoms with Gasteiger partial charge in [0, 0.05) is 24.7 Å². The van der Waals surface area contributed by atoms with Crippen molar-refractivity contribution >= 4 is 17.7 Å². The summed E-state index contributed by atoms with van der Waals surface area (Å²) in [5.74, 6) is 0.335. The van der Waals surface area contributed by atoms with Crippen molar-refractivity contribution in [3.8, 4) is 0 Å². The Kier molecular flexibility index (Phi) is 6.00. The lowest BCUT2D eigenvalue weighted by Crippen LogP contribution is -2.54. The molecule has 2 aromatic rings. The SMILES string of the molecule is CC(C)(C)OC(=O)N1CCCC[C@@H]1C(=O)N1CC[C@H]2[C@@H](c3ccccc3)Nc3ccccc3[C@H]21. The van der Waals surface area contributed by atoms with Crippen LogP contribution < -0.4 is 5.32 Å². The van der Waals surface area contributed by atoms with Gasteiger partial charge in [0.05, 0.1) is 12.1 Å². The number of hydrogen-bond donors (Lipinski definition) is 1. The van der Waals surface area contributed by atoms with Gasteiger partial charge in [0.15, 0.2) is 0 Å². The minimum atomic E-state index is -0.586. The summed E-state index contributed by atoms with van der Waals surface area (Å²) in [6.45, 7) is 6.87. The Balaban J connectivity index is 1.45. The first-order valence-corrected chi connectivity index (χ1v) is 12.5. The van der Waals surface area contributed by atoms with Crippen molar-refractivity contribution < 1.29 is 14.3 Å². The lowest BCUT2D eigenvalue weighted by molar-refractivity contribution is -0.139. The number of carbonyl (C=O) groups excluding carboxylic acids is 2. The van der Waals surface area contributed by atoms with Gasteiger partial charge in [0.2, 0.25) is 5.91 Å². The molecule has 5 rings (SSSR count). The number of nitrogens with one attached hydrogen (secondary N) is 1. The summed E-state index contributed by atoms with van der Waals surface area (Å²) in [6, 6.07) is 18.5. The number of hydrogen-bond acceptors (Lipinski definition) is 4. The lowest BCUT2D eigenvalue weighted by atomic mass is 9.80. The van der Waals surface area contributed by atoms with E-state index >= 15 is 0 Å². The third kappa shape index (κ3) is 4.26. The van der Waals surface area contributed by atoms with Crippen LogP contribution in [-0.2, 0) is 9.53 Å². The van der Waals surface area contributed by atoms with Crippen LogP contribution in [0.4, 0.5) is 10.5 Å². The number of fused-ring (bicyclic) bond motifs is 3. The molecule has 3 aliphatic rings. The minimum Gasteiger partial charge on any atom is -0.444 e. The molecular formula is C28H35N3O3. The molecular weight excluding hydrogens is 426 g/mol. The normalized spacial score (nSPS) is 26.3. The quantitative estimate of drug-likeness (QED) is 0.639. The molecule has 1 N–H and O–H groups in total. The van der Waals surface area contributed by atoms with Gasteiger partial charge < -0.3 is 15.0 Å². The Bertz CT molecular complexity index is 1050. The molecule has 0 aliphatic carbocycles. The molecule has 0 bridgehead atoms. The van der Waals surface area contributed by atoms with Crippen molar-refractivity contribution in [2.75, 3.05) is 18.4 Å². The van der Waals surface area contributed by atoms with E-state index in [2.05, 4.69) is 47.8 Å². The first-order chi connectivity index (χ1) is 16.3. The summed E-state index contributed by atoms with van der Waals surface area (Å²) >= 11 is 0. The summed E-state index contributed by atoms with van der Waals surface area (Å²) in [5.41, 5.74) is 2.92. The predicted molar refractivity (Wildman–Crippen MR) is 132 cm³/mol. The second-order valence-corrected chi connectivity index (χ2v) is 10.7. The molecule has 0 aromatic heterocycles. The molecule has 2 saturated heterocycles. The van der Waals surface area contributed by atoms with E-state index in [0.717, 1.165) is 24.9 Å². The highest BCUT2D eigenvalue weighted by atomic mass is 16.6. The van der Waals surface area contributed by atoms with Crippen molar-refractivity contribution in [1.29, 1.82) is 0 Å². The number of piperidine rings is 1. The van der Waals surface area contributed by atoms with Crippen LogP contribution in [0, 0.1) is 5.92 Å². The van der Waals surface area contributed by atoms with Gasteiger partial charge in [-0.3, -0.25) is 9.69 Å². The Hall–Kier alpha value is -3.02. The number of nitrogens with zero attached hydrogens (tertiary/aromatic N) is 2. The van der Waals surface area contributed by atoms with Gasteiger partial charge in [-0.25, -0.2) is 4.79 Å². The van der Waals surface area contributed by atoms with Gasteiger partial charge in [-0.1, -0.05) is 48.5 Å². The molecule has 2 aromatic carbocycles. The van der Waals surface area contributed by atoms with Crippen molar-refractivity contribution in [2.45, 2.75) is 70.2 Å². The molecule has 3 aliphatic heterocycles. The molecule has 0 spiro atoms. The zero-order valence-corrected chi connectivity index (χ0v) is 20.4. The summed E-state index contributed by atoms with van der Waals surface area (Å²) in [4.78, 5) is 30.8. The van der Waals surface area contributed by atoms with E-state index < -0.39 is 11.6 Å². The van der Waals surface area contributed by atoms with Crippen LogP contribution in [0.25, 0.3) is 0 Å². The van der Waals surface area contributed by atoms with Crippen LogP contribution in [-0.4, -0.2) is 46.5 Å². The molecule has 6 nitrogen and oxygen atoms in total. The number of benzene rings is 2. The number of amides is 2. The van der Waals surface area contributed by atoms with Gasteiger partial charge in [-0.05, 0) is 63.6 Å². The predicted octanol–water partition coefficient (Wildman–Crippen LogP) is 5.53. The lowest BCUT2D eigenvalue weighted by Gasteiger charge is -2.42. The fourth-order valence-corrected chi connectivity index (χ4v) is 5.88. The van der Waals surface area contributed by atoms with E-state index in [1.54, 1.807) is 4.90 Å². The minimum absolute atomic E-state index is 0.00225. The van der Waals surface area contributed by atoms with Crippen molar-refractivity contribution in [3.63, 3.8) is 0 Å². The molecule has 0 unspecified atom stereocenters. The average molecular weight is 462 g/mol. The van der Waals surface area contributed by atoms with E-state index in [1.165, 1.54) is 11.1 Å². The summed E-state index contributed by atoms with van der Waals surface area (Å²) in [5, 5.41) is 3.75. The molecule has 34 heavy (non-hydrogen) atoms. The summed E-state index contributed by atoms with van der Waals surface area (Å²) < 4.78 is 5.66. The smallest absolute Gasteiger partial charge is 0.410 e. The number of anilines is 1. The van der Waals surface area contributed by atoms with Crippen LogP contribution in [0.15, 0.2) is 54.6 Å². The average Bonchev–Trinajstić information content (AvgIpc) is 3.28. The van der Waals surface area contributed by atoms with E-state index in [1.807, 2.05) is 37.8 Å². The fraction of sp³-hybridized carbons (Fsp3) is 0.500. The first-order valence-electron chi connectivity index (χ1n) is 12.5. The molecule has 2 amide bonds. The maximum absolute atomic E-state index is 14.0. The highest BCUT2D eigenvalue weighted by Crippen LogP contribution is 2.51. The monoisotopic (exact) mass is 461 g/mol. The Morgan fingerprint density at radius 2 is 1.65 bits per heavy atom. The molecule has 180 valence electrons. The topological polar surface area (TPSA) is 61.9 Å². The number of rotatable bonds is 2. The fourth-order valence-electron chi connectivity index (χ4n) is 5.88. The van der Waals surface area contributed by atoms with Gasteiger partial charge >= 0.3 is 6.09 Å². The largest absolute Gasteiger partial charge is 0.444 e. The van der Waals surface area contributed by atoms with Gasteiger partial charge in [0.25, 0.3) is 0 Å². The van der Waals surface area contributed by atoms with E-state index in [9.17, 15) is 9.59 Å². The first kappa shape index (κ1) is 22.8. The Labute approximate surface area is 202 Å². The zero-order chi connectivity index (χ0) is 23.9. The standard InChI is InChI=1S/C28H35N3O3/c1-28(2,3)34-27(33)30-17-10-9-15-23(30)26(32)31-18-16-21-24(19-11-5-4-6-12-19)29-22-14-8-7-13-20(22)25(21)31/h4-8,11-14,21,23-25,29H,9-10,15-18H2,1-3H3/t21-,23+,24+,25+/m0/s1. The van der Waals surface area contributed by atoms with E-state index in [-0.39, 0.29) is 30.0 Å². The number of likely N-dealkylation sites (tertiary alicyclic amines) is 2. The molecule has 0 saturated carbocycles. The van der Waals surface area contributed by atoms with Crippen LogP contribution in [0.5, 0.6) is 0 Å². The second-order valence-electron chi connectivity index (χ2n) is 10.7. The highest BCUT2D eigenvalue weighted by molar-refractivity contribution is 5.87. The molecule has 2 fully saturated rings. The van der Waals surface area contributed by atoms with Crippen LogP contribution in [0.2, 0.25) is 0 Å². The zero-order valence-electron chi connectivity index (χ0n) is 20.4. The van der Waals surface area contributed by atoms with Gasteiger partial charge in [0.1, 0.15) is 11.6 Å². The number of carbonyl (C=O) groups is 2. The third-order valence-electron chi connectivity index (χ3n) is 7.32. The number of ether oxygens (including phenoxy) is 1. The van der Waals surface area contributed by atoms with Crippen molar-refractivity contribution in [3.05, 3.63) is 65.7 Å². The highest BCUT2D eigenvalue weighted by Gasteiger charge is 2.48. The Morgan fingerprint density at radius 1 is 0.912 bits per heavy atom. The molecule has 3 heterocycles.